The van der Waals surface area contributed by atoms with Crippen LogP contribution in [0.2, 0.25) is 0 Å². The van der Waals surface area contributed by atoms with Crippen LogP contribution in [0.3, 0.4) is 0 Å². The van der Waals surface area contributed by atoms with Crippen LogP contribution in [0.15, 0.2) is 6.07 Å². The Labute approximate surface area is 257 Å². The van der Waals surface area contributed by atoms with E-state index in [1.807, 2.05) is 20.0 Å². The number of cyclic esters (lactones) is 1. The third-order valence-corrected chi connectivity index (χ3v) is 10.8. The molecule has 0 radical (unpaired) electrons. The summed E-state index contributed by atoms with van der Waals surface area (Å²) in [6.45, 7) is 4.65. The average molecular weight is 622 g/mol. The van der Waals surface area contributed by atoms with Gasteiger partial charge in [-0.2, -0.15) is 5.26 Å². The van der Waals surface area contributed by atoms with Gasteiger partial charge in [-0.3, -0.25) is 19.4 Å². The molecular formula is C31H31N3O9S. The molecule has 0 amide bonds. The Kier molecular flexibility index (Phi) is 6.73. The Hall–Kier alpha value is -3.99. The topological polar surface area (TPSA) is 148 Å². The number of ether oxygens (including phenoxy) is 5. The molecule has 6 atom stereocenters. The lowest BCUT2D eigenvalue weighted by Crippen LogP contribution is -2.69. The van der Waals surface area contributed by atoms with Gasteiger partial charge >= 0.3 is 11.9 Å². The fourth-order valence-corrected chi connectivity index (χ4v) is 9.23. The number of aromatic hydroxyl groups is 1. The Balaban J connectivity index is 1.57. The molecule has 12 nitrogen and oxygen atoms in total. The number of nitrogens with zero attached hydrogens (tertiary/aromatic N) is 3. The zero-order chi connectivity index (χ0) is 31.2. The highest BCUT2D eigenvalue weighted by molar-refractivity contribution is 8.00. The summed E-state index contributed by atoms with van der Waals surface area (Å²) in [5.74, 6) is -0.855. The summed E-state index contributed by atoms with van der Waals surface area (Å²) in [6, 6.07) is 1.81. The van der Waals surface area contributed by atoms with Crippen LogP contribution in [0.1, 0.15) is 57.6 Å². The maximum atomic E-state index is 12.9. The van der Waals surface area contributed by atoms with Gasteiger partial charge in [0.05, 0.1) is 36.3 Å². The first-order valence-electron chi connectivity index (χ1n) is 14.3. The lowest BCUT2D eigenvalue weighted by Gasteiger charge is -2.61. The fourth-order valence-electron chi connectivity index (χ4n) is 7.90. The van der Waals surface area contributed by atoms with Crippen molar-refractivity contribution in [3.63, 3.8) is 0 Å². The minimum absolute atomic E-state index is 0.0240. The SMILES string of the molecule is COc1c(C)cc2c(c1O)[C@@H]1[C@@H]3[C@@H]4SCC(=O)C(=O)OCC(c5c6c(c(C)c(OC(C)=O)c54)OCO6)N3[C@@H](C#N)[C@@H](C2)N1C. The van der Waals surface area contributed by atoms with Gasteiger partial charge in [0.1, 0.15) is 18.4 Å². The van der Waals surface area contributed by atoms with Crippen molar-refractivity contribution in [1.29, 1.82) is 5.26 Å². The van der Waals surface area contributed by atoms with Crippen molar-refractivity contribution in [2.24, 2.45) is 0 Å². The predicted molar refractivity (Wildman–Crippen MR) is 155 cm³/mol. The van der Waals surface area contributed by atoms with Crippen molar-refractivity contribution in [2.45, 2.75) is 62.7 Å². The number of hydrogen-bond donors (Lipinski definition) is 1. The van der Waals surface area contributed by atoms with Gasteiger partial charge in [0.15, 0.2) is 23.0 Å². The van der Waals surface area contributed by atoms with Gasteiger partial charge in [0.2, 0.25) is 12.6 Å². The maximum Gasteiger partial charge on any atom is 0.375 e. The number of hydrogen-bond acceptors (Lipinski definition) is 13. The Morgan fingerprint density at radius 1 is 1.14 bits per heavy atom. The van der Waals surface area contributed by atoms with E-state index in [4.69, 9.17) is 23.7 Å². The molecule has 1 N–H and O–H groups in total. The second-order valence-corrected chi connectivity index (χ2v) is 12.9. The van der Waals surface area contributed by atoms with Crippen molar-refractivity contribution in [2.75, 3.05) is 33.3 Å². The average Bonchev–Trinajstić information content (AvgIpc) is 3.47. The van der Waals surface area contributed by atoms with Crippen LogP contribution >= 0.6 is 11.8 Å². The van der Waals surface area contributed by atoms with Crippen LogP contribution < -0.4 is 18.9 Å². The third-order valence-electron chi connectivity index (χ3n) is 9.54. The first-order chi connectivity index (χ1) is 21.1. The van der Waals surface area contributed by atoms with Gasteiger partial charge in [0.25, 0.3) is 0 Å². The van der Waals surface area contributed by atoms with E-state index in [1.165, 1.54) is 25.8 Å². The number of nitriles is 1. The highest BCUT2D eigenvalue weighted by Crippen LogP contribution is 2.63. The van der Waals surface area contributed by atoms with Crippen LogP contribution in [0.5, 0.6) is 28.7 Å². The number of thioether (sulfide) groups is 1. The van der Waals surface area contributed by atoms with E-state index in [0.717, 1.165) is 11.1 Å². The number of Topliss-reactive ketones (excluding diaryl/α,β-unsaturated/α-hetero) is 1. The van der Waals surface area contributed by atoms with Crippen LogP contribution in [0, 0.1) is 25.2 Å². The summed E-state index contributed by atoms with van der Waals surface area (Å²) in [6.07, 6.45) is 0.488. The minimum Gasteiger partial charge on any atom is -0.504 e. The Morgan fingerprint density at radius 3 is 2.59 bits per heavy atom. The minimum atomic E-state index is -0.949. The van der Waals surface area contributed by atoms with Gasteiger partial charge in [-0.05, 0) is 38.4 Å². The number of benzene rings is 2. The van der Waals surface area contributed by atoms with E-state index in [0.29, 0.717) is 51.7 Å². The molecule has 2 saturated heterocycles. The number of carbonyl (C=O) groups excluding carboxylic acids is 3. The van der Waals surface area contributed by atoms with Crippen LogP contribution in [0.25, 0.3) is 0 Å². The van der Waals surface area contributed by atoms with Gasteiger partial charge in [0, 0.05) is 41.3 Å². The standard InChI is InChI=1S/C31H31N3O9S/c1-12-6-15-7-16-17(8-32)34-18-9-40-31(38)19(36)10-44-30(24(34)23(33(16)4)20(15)25(37)26(12)39-5)22-21(18)29-28(41-11-42-29)13(2)27(22)43-14(3)35/h6,16-18,23-24,30,37H,7,9-11H2,1-5H3/t16-,17+,18?,23-,24-,30-/m1/s1. The molecule has 1 unspecified atom stereocenters. The normalized spacial score (nSPS) is 28.7. The number of fused-ring (bicyclic) bond motifs is 9. The monoisotopic (exact) mass is 621 g/mol. The number of piperazine rings is 1. The molecule has 5 aliphatic rings. The van der Waals surface area contributed by atoms with Gasteiger partial charge in [-0.15, -0.1) is 11.8 Å². The third kappa shape index (κ3) is 3.87. The zero-order valence-corrected chi connectivity index (χ0v) is 25.6. The van der Waals surface area contributed by atoms with Crippen LogP contribution in [-0.4, -0.2) is 84.1 Å². The molecule has 2 aromatic carbocycles. The zero-order valence-electron chi connectivity index (χ0n) is 24.8. The lowest BCUT2D eigenvalue weighted by atomic mass is 9.71. The molecule has 230 valence electrons. The molecule has 44 heavy (non-hydrogen) atoms. The number of aryl methyl sites for hydroxylation is 1. The van der Waals surface area contributed by atoms with Crippen molar-refractivity contribution in [3.05, 3.63) is 39.4 Å². The highest BCUT2D eigenvalue weighted by Gasteiger charge is 2.60. The fraction of sp³-hybridized carbons (Fsp3) is 0.484. The van der Waals surface area contributed by atoms with Gasteiger partial charge in [-0.1, -0.05) is 6.07 Å². The number of methoxy groups -OCH3 is 1. The molecule has 13 heteroatoms. The van der Waals surface area contributed by atoms with E-state index in [-0.39, 0.29) is 30.9 Å². The maximum absolute atomic E-state index is 12.9. The Bertz CT molecular complexity index is 1690. The molecule has 5 heterocycles. The number of carbonyl (C=O) groups is 3. The molecule has 4 bridgehead atoms. The molecule has 2 aromatic rings. The molecule has 7 rings (SSSR count). The predicted octanol–water partition coefficient (Wildman–Crippen LogP) is 2.80. The first-order valence-corrected chi connectivity index (χ1v) is 15.4. The molecule has 5 aliphatic heterocycles. The van der Waals surface area contributed by atoms with Crippen molar-refractivity contribution < 1.29 is 43.2 Å². The number of likely N-dealkylation sites (N-methyl/N-ethyl adjacent to an activating group) is 1. The van der Waals surface area contributed by atoms with Crippen molar-refractivity contribution in [1.82, 2.24) is 9.80 Å². The molecule has 0 spiro atoms. The second kappa shape index (κ2) is 10.3. The van der Waals surface area contributed by atoms with Crippen molar-refractivity contribution >= 4 is 29.5 Å². The van der Waals surface area contributed by atoms with E-state index in [9.17, 15) is 24.8 Å². The van der Waals surface area contributed by atoms with E-state index in [1.54, 1.807) is 6.92 Å². The summed E-state index contributed by atoms with van der Waals surface area (Å²) >= 11 is 1.22. The quantitative estimate of drug-likeness (QED) is 0.298. The van der Waals surface area contributed by atoms with E-state index >= 15 is 0 Å². The summed E-state index contributed by atoms with van der Waals surface area (Å²) in [5, 5.41) is 21.9. The van der Waals surface area contributed by atoms with Gasteiger partial charge in [-0.25, -0.2) is 4.79 Å². The Morgan fingerprint density at radius 2 is 1.89 bits per heavy atom. The smallest absolute Gasteiger partial charge is 0.375 e. The number of ketones is 1. The van der Waals surface area contributed by atoms with E-state index in [2.05, 4.69) is 15.9 Å². The van der Waals surface area contributed by atoms with Gasteiger partial charge < -0.3 is 28.8 Å². The molecular weight excluding hydrogens is 590 g/mol. The second-order valence-electron chi connectivity index (χ2n) is 11.8. The molecule has 0 aliphatic carbocycles. The summed E-state index contributed by atoms with van der Waals surface area (Å²) in [4.78, 5) is 42.3. The first kappa shape index (κ1) is 28.8. The summed E-state index contributed by atoms with van der Waals surface area (Å²) in [7, 11) is 3.45. The molecule has 0 saturated carbocycles. The van der Waals surface area contributed by atoms with Crippen molar-refractivity contribution in [3.8, 4) is 34.8 Å². The molecule has 2 fully saturated rings. The largest absolute Gasteiger partial charge is 0.504 e. The van der Waals surface area contributed by atoms with Crippen LogP contribution in [-0.2, 0) is 25.5 Å². The number of rotatable bonds is 2. The van der Waals surface area contributed by atoms with Crippen LogP contribution in [0.4, 0.5) is 0 Å². The lowest BCUT2D eigenvalue weighted by molar-refractivity contribution is -0.157. The number of phenolic OH excluding ortho intramolecular Hbond substituents is 1. The number of esters is 2. The molecule has 0 aromatic heterocycles. The summed E-state index contributed by atoms with van der Waals surface area (Å²) < 4.78 is 29.0. The number of phenols is 1. The highest BCUT2D eigenvalue weighted by atomic mass is 32.2. The summed E-state index contributed by atoms with van der Waals surface area (Å²) in [5.41, 5.74) is 4.16. The van der Waals surface area contributed by atoms with E-state index < -0.39 is 47.1 Å².